The van der Waals surface area contributed by atoms with E-state index in [9.17, 15) is 0 Å². The number of halogens is 2. The van der Waals surface area contributed by atoms with Crippen molar-refractivity contribution in [3.05, 3.63) is 120 Å². The van der Waals surface area contributed by atoms with Gasteiger partial charge in [0, 0.05) is 0 Å². The number of hydrogen-bond acceptors (Lipinski definition) is 0. The van der Waals surface area contributed by atoms with Crippen LogP contribution in [0.4, 0.5) is 0 Å². The van der Waals surface area contributed by atoms with Crippen LogP contribution < -0.4 is 24.8 Å². The molecule has 0 spiro atoms. The fourth-order valence-electron chi connectivity index (χ4n) is 5.82. The molecule has 8 rings (SSSR count). The van der Waals surface area contributed by atoms with Crippen molar-refractivity contribution in [3.63, 3.8) is 0 Å². The van der Waals surface area contributed by atoms with E-state index in [4.69, 9.17) is 0 Å². The van der Waals surface area contributed by atoms with Gasteiger partial charge in [0.1, 0.15) is 0 Å². The minimum Gasteiger partial charge on any atom is -1.00 e. The Morgan fingerprint density at radius 1 is 0.324 bits per heavy atom. The monoisotopic (exact) mass is 554 g/mol. The minimum atomic E-state index is 0. The Morgan fingerprint density at radius 2 is 0.541 bits per heavy atom. The molecule has 8 aromatic rings. The third kappa shape index (κ3) is 4.37. The van der Waals surface area contributed by atoms with Crippen molar-refractivity contribution < 1.29 is 42.2 Å². The zero-order valence-corrected chi connectivity index (χ0v) is 23.3. The summed E-state index contributed by atoms with van der Waals surface area (Å²) >= 11 is 0. The maximum atomic E-state index is 2.27. The van der Waals surface area contributed by atoms with E-state index in [0.717, 1.165) is 0 Å². The third-order valence-electron chi connectivity index (χ3n) is 7.22. The van der Waals surface area contributed by atoms with Gasteiger partial charge in [-0.05, 0) is 89.6 Å². The Balaban J connectivity index is 0.000000160. The average molecular weight is 555 g/mol. The molecule has 0 amide bonds. The van der Waals surface area contributed by atoms with E-state index in [1.54, 1.807) is 0 Å². The van der Waals surface area contributed by atoms with Crippen molar-refractivity contribution in [2.24, 2.45) is 0 Å². The van der Waals surface area contributed by atoms with E-state index in [-0.39, 0.29) is 42.2 Å². The van der Waals surface area contributed by atoms with Crippen LogP contribution in [0, 0.1) is 13.8 Å². The van der Waals surface area contributed by atoms with Gasteiger partial charge in [-0.25, -0.2) is 0 Å². The summed E-state index contributed by atoms with van der Waals surface area (Å²) in [5, 5.41) is 16.4. The second-order valence-electron chi connectivity index (χ2n) is 9.59. The maximum Gasteiger partial charge on any atom is 2.00 e. The molecule has 37 heavy (non-hydrogen) atoms. The van der Waals surface area contributed by atoms with Gasteiger partial charge in [-0.1, -0.05) is 109 Å². The summed E-state index contributed by atoms with van der Waals surface area (Å²) in [7, 11) is 0. The fraction of sp³-hybridized carbons (Fsp3) is 0.0588. The van der Waals surface area contributed by atoms with E-state index in [0.29, 0.717) is 0 Å². The number of benzene rings is 8. The smallest absolute Gasteiger partial charge is 1.00 e. The first-order valence-electron chi connectivity index (χ1n) is 11.9. The molecule has 0 radical (unpaired) electrons. The van der Waals surface area contributed by atoms with Crippen LogP contribution in [0.2, 0.25) is 0 Å². The Bertz CT molecular complexity index is 1720. The first-order valence-corrected chi connectivity index (χ1v) is 11.9. The van der Waals surface area contributed by atoms with Gasteiger partial charge in [-0.2, -0.15) is 0 Å². The summed E-state index contributed by atoms with van der Waals surface area (Å²) in [5.74, 6) is 0. The van der Waals surface area contributed by atoms with Crippen molar-refractivity contribution in [3.8, 4) is 0 Å². The molecule has 0 atom stereocenters. The molecule has 0 aliphatic heterocycles. The van der Waals surface area contributed by atoms with Crippen LogP contribution in [0.15, 0.2) is 109 Å². The van der Waals surface area contributed by atoms with Crippen LogP contribution in [-0.2, 0) is 17.4 Å². The van der Waals surface area contributed by atoms with Crippen LogP contribution in [0.3, 0.4) is 0 Å². The zero-order valence-electron chi connectivity index (χ0n) is 20.6. The molecule has 0 aliphatic rings. The topological polar surface area (TPSA) is 0 Å². The minimum absolute atomic E-state index is 0. The molecule has 0 bridgehead atoms. The molecule has 0 aliphatic carbocycles. The summed E-state index contributed by atoms with van der Waals surface area (Å²) in [6, 6.07) is 40.0. The van der Waals surface area contributed by atoms with Gasteiger partial charge in [0.2, 0.25) is 0 Å². The van der Waals surface area contributed by atoms with Crippen LogP contribution >= 0.6 is 0 Å². The van der Waals surface area contributed by atoms with Crippen LogP contribution in [-0.4, -0.2) is 0 Å². The van der Waals surface area contributed by atoms with E-state index in [2.05, 4.69) is 123 Å². The summed E-state index contributed by atoms with van der Waals surface area (Å²) < 4.78 is 0. The van der Waals surface area contributed by atoms with Gasteiger partial charge in [0.15, 0.2) is 0 Å². The molecule has 0 fully saturated rings. The third-order valence-corrected chi connectivity index (χ3v) is 7.22. The van der Waals surface area contributed by atoms with E-state index < -0.39 is 0 Å². The Hall–Kier alpha value is -3.05. The molecule has 0 heterocycles. The summed E-state index contributed by atoms with van der Waals surface area (Å²) in [6.07, 6.45) is 0. The predicted octanol–water partition coefficient (Wildman–Crippen LogP) is 3.79. The SMILES string of the molecule is Cc1cc2ccc3cccc4ccc(c1)c2c34.Cc1cc2ccc3cccc4ccc(c1)c2c34.[Cl-].[Cl-].[Cr+2]. The molecule has 0 saturated carbocycles. The quantitative estimate of drug-likeness (QED) is 0.250. The summed E-state index contributed by atoms with van der Waals surface area (Å²) in [5.41, 5.74) is 2.66. The van der Waals surface area contributed by atoms with Crippen molar-refractivity contribution in [2.75, 3.05) is 0 Å². The average Bonchev–Trinajstić information content (AvgIpc) is 2.86. The number of hydrogen-bond donors (Lipinski definition) is 0. The second kappa shape index (κ2) is 10.4. The molecule has 8 aromatic carbocycles. The van der Waals surface area contributed by atoms with Gasteiger partial charge in [0.25, 0.3) is 0 Å². The van der Waals surface area contributed by atoms with Crippen LogP contribution in [0.1, 0.15) is 11.1 Å². The normalized spacial score (nSPS) is 10.9. The molecule has 180 valence electrons. The van der Waals surface area contributed by atoms with Crippen molar-refractivity contribution in [2.45, 2.75) is 13.8 Å². The standard InChI is InChI=1S/2C17H12.2ClH.Cr/c2*1-11-9-14-7-5-12-3-2-4-13-6-8-15(10-11)17(14)16(12)13;;;/h2*2-10H,1H3;2*1H;/q;;;;+2/p-2. The van der Waals surface area contributed by atoms with Crippen molar-refractivity contribution in [1.29, 1.82) is 0 Å². The fourth-order valence-corrected chi connectivity index (χ4v) is 5.82. The molecule has 0 N–H and O–H groups in total. The summed E-state index contributed by atoms with van der Waals surface area (Å²) in [4.78, 5) is 0. The van der Waals surface area contributed by atoms with Crippen LogP contribution in [0.25, 0.3) is 64.6 Å². The van der Waals surface area contributed by atoms with E-state index >= 15 is 0 Å². The molecule has 0 unspecified atom stereocenters. The molecule has 0 saturated heterocycles. The first-order chi connectivity index (χ1) is 16.7. The largest absolute Gasteiger partial charge is 2.00 e. The number of rotatable bonds is 0. The van der Waals surface area contributed by atoms with Gasteiger partial charge < -0.3 is 24.8 Å². The molecule has 0 nitrogen and oxygen atoms in total. The Morgan fingerprint density at radius 3 is 0.811 bits per heavy atom. The maximum absolute atomic E-state index is 2.27. The summed E-state index contributed by atoms with van der Waals surface area (Å²) in [6.45, 7) is 4.32. The Kier molecular flexibility index (Phi) is 7.57. The number of aryl methyl sites for hydroxylation is 2. The van der Waals surface area contributed by atoms with Crippen molar-refractivity contribution in [1.82, 2.24) is 0 Å². The second-order valence-corrected chi connectivity index (χ2v) is 9.59. The van der Waals surface area contributed by atoms with Crippen LogP contribution in [0.5, 0.6) is 0 Å². The zero-order chi connectivity index (χ0) is 22.8. The molecule has 3 heteroatoms. The molecular weight excluding hydrogens is 531 g/mol. The predicted molar refractivity (Wildman–Crippen MR) is 150 cm³/mol. The van der Waals surface area contributed by atoms with Gasteiger partial charge in [0.05, 0.1) is 0 Å². The molecular formula is C34H24Cl2Cr. The van der Waals surface area contributed by atoms with Gasteiger partial charge >= 0.3 is 17.4 Å². The molecule has 0 aromatic heterocycles. The first kappa shape index (κ1) is 27.0. The van der Waals surface area contributed by atoms with Crippen molar-refractivity contribution >= 4 is 64.6 Å². The van der Waals surface area contributed by atoms with Gasteiger partial charge in [-0.15, -0.1) is 0 Å². The van der Waals surface area contributed by atoms with E-state index in [1.165, 1.54) is 75.8 Å². The van der Waals surface area contributed by atoms with Gasteiger partial charge in [-0.3, -0.25) is 0 Å². The van der Waals surface area contributed by atoms with E-state index in [1.807, 2.05) is 0 Å². The Labute approximate surface area is 239 Å².